The average Bonchev–Trinajstić information content (AvgIpc) is 3.48. The fraction of sp³-hybridized carbons (Fsp3) is 0.436. The molecule has 2 aromatic carbocycles. The fourth-order valence-electron chi connectivity index (χ4n) is 6.65. The number of nitrogens with zero attached hydrogens (tertiary/aromatic N) is 3. The van der Waals surface area contributed by atoms with Crippen molar-refractivity contribution in [2.45, 2.75) is 84.2 Å². The third-order valence-corrected chi connectivity index (χ3v) is 9.24. The van der Waals surface area contributed by atoms with Crippen molar-refractivity contribution in [3.63, 3.8) is 0 Å². The van der Waals surface area contributed by atoms with E-state index >= 15 is 4.39 Å². The normalized spacial score (nSPS) is 20.6. The van der Waals surface area contributed by atoms with Crippen LogP contribution in [-0.2, 0) is 19.0 Å². The molecule has 3 aliphatic heterocycles. The average molecular weight is 674 g/mol. The second kappa shape index (κ2) is 13.6. The monoisotopic (exact) mass is 673 g/mol. The number of aromatic nitrogens is 2. The fourth-order valence-corrected chi connectivity index (χ4v) is 6.65. The summed E-state index contributed by atoms with van der Waals surface area (Å²) in [6, 6.07) is 11.7. The molecule has 0 radical (unpaired) electrons. The van der Waals surface area contributed by atoms with Gasteiger partial charge in [-0.15, -0.1) is 0 Å². The van der Waals surface area contributed by atoms with Crippen LogP contribution in [0.1, 0.15) is 71.1 Å². The minimum absolute atomic E-state index is 0.0506. The zero-order valence-electron chi connectivity index (χ0n) is 29.3. The highest BCUT2D eigenvalue weighted by Crippen LogP contribution is 2.41. The number of esters is 1. The summed E-state index contributed by atoms with van der Waals surface area (Å²) in [4.78, 5) is 20.7. The van der Waals surface area contributed by atoms with E-state index in [0.717, 1.165) is 30.3 Å². The van der Waals surface area contributed by atoms with Crippen LogP contribution in [0.15, 0.2) is 60.8 Å². The lowest BCUT2D eigenvalue weighted by atomic mass is 9.92. The van der Waals surface area contributed by atoms with Crippen LogP contribution in [0.3, 0.4) is 0 Å². The van der Waals surface area contributed by atoms with Gasteiger partial charge in [0.25, 0.3) is 0 Å². The van der Waals surface area contributed by atoms with Crippen molar-refractivity contribution in [1.29, 1.82) is 0 Å². The molecule has 0 N–H and O–H groups in total. The Morgan fingerprint density at radius 1 is 1.08 bits per heavy atom. The first kappa shape index (κ1) is 34.6. The molecule has 10 heteroatoms. The summed E-state index contributed by atoms with van der Waals surface area (Å²) in [6.45, 7) is 13.5. The number of anilines is 1. The highest BCUT2D eigenvalue weighted by atomic mass is 19.2. The summed E-state index contributed by atoms with van der Waals surface area (Å²) in [6.07, 6.45) is 6.70. The van der Waals surface area contributed by atoms with E-state index in [0.29, 0.717) is 54.1 Å². The number of piperidine rings is 1. The van der Waals surface area contributed by atoms with Crippen LogP contribution in [0.2, 0.25) is 0 Å². The Hall–Kier alpha value is -4.28. The van der Waals surface area contributed by atoms with Gasteiger partial charge in [0.1, 0.15) is 17.2 Å². The van der Waals surface area contributed by atoms with E-state index in [1.54, 1.807) is 18.2 Å². The number of fused-ring (bicyclic) bond motifs is 7. The summed E-state index contributed by atoms with van der Waals surface area (Å²) in [5, 5.41) is 0. The molecule has 260 valence electrons. The number of halogens is 2. The van der Waals surface area contributed by atoms with Crippen molar-refractivity contribution in [3.8, 4) is 28.1 Å². The molecule has 2 aromatic heterocycles. The number of hydrogen-bond donors (Lipinski definition) is 0. The Morgan fingerprint density at radius 3 is 2.53 bits per heavy atom. The second-order valence-corrected chi connectivity index (χ2v) is 14.3. The van der Waals surface area contributed by atoms with Gasteiger partial charge in [0, 0.05) is 36.8 Å². The third kappa shape index (κ3) is 7.21. The van der Waals surface area contributed by atoms with E-state index in [-0.39, 0.29) is 23.0 Å². The number of rotatable bonds is 3. The SMILES string of the molecule is COC(=O)C(OC(C)(C)C)c1c(C)cc2nc3cn2c1N1CCC(C)(CC1)OCC=CCC(C)Oc1ccc(F)c(F)c1-c1cccc-3c1. The van der Waals surface area contributed by atoms with Crippen LogP contribution in [0, 0.1) is 18.6 Å². The largest absolute Gasteiger partial charge is 0.490 e. The Bertz CT molecular complexity index is 1890. The summed E-state index contributed by atoms with van der Waals surface area (Å²) in [5.41, 5.74) is 3.07. The van der Waals surface area contributed by atoms with Crippen molar-refractivity contribution < 1.29 is 32.5 Å². The number of benzene rings is 2. The van der Waals surface area contributed by atoms with Gasteiger partial charge >= 0.3 is 5.97 Å². The highest BCUT2D eigenvalue weighted by molar-refractivity contribution is 5.82. The number of pyridine rings is 1. The Kier molecular flexibility index (Phi) is 9.57. The minimum atomic E-state index is -0.990. The molecular formula is C39H45F2N3O5. The van der Waals surface area contributed by atoms with E-state index < -0.39 is 29.3 Å². The molecule has 3 aliphatic rings. The quantitative estimate of drug-likeness (QED) is 0.160. The van der Waals surface area contributed by atoms with Gasteiger partial charge in [0.2, 0.25) is 0 Å². The maximum absolute atomic E-state index is 15.5. The smallest absolute Gasteiger partial charge is 0.339 e. The van der Waals surface area contributed by atoms with Gasteiger partial charge in [0.15, 0.2) is 17.7 Å². The zero-order valence-corrected chi connectivity index (χ0v) is 29.3. The molecule has 7 rings (SSSR count). The molecule has 0 amide bonds. The molecule has 0 saturated carbocycles. The Balaban J connectivity index is 1.57. The predicted molar refractivity (Wildman–Crippen MR) is 186 cm³/mol. The van der Waals surface area contributed by atoms with Gasteiger partial charge in [-0.3, -0.25) is 4.40 Å². The Labute approximate surface area is 286 Å². The number of ether oxygens (including phenoxy) is 4. The maximum atomic E-state index is 15.5. The Morgan fingerprint density at radius 2 is 1.82 bits per heavy atom. The van der Waals surface area contributed by atoms with Gasteiger partial charge in [-0.25, -0.2) is 18.6 Å². The molecule has 6 bridgehead atoms. The molecule has 2 unspecified atom stereocenters. The van der Waals surface area contributed by atoms with Gasteiger partial charge in [-0.1, -0.05) is 30.4 Å². The molecule has 5 heterocycles. The molecule has 8 nitrogen and oxygen atoms in total. The molecular weight excluding hydrogens is 628 g/mol. The van der Waals surface area contributed by atoms with E-state index in [4.69, 9.17) is 23.9 Å². The van der Waals surface area contributed by atoms with Crippen molar-refractivity contribution >= 4 is 17.4 Å². The zero-order chi connectivity index (χ0) is 35.1. The highest BCUT2D eigenvalue weighted by Gasteiger charge is 2.37. The molecule has 2 atom stereocenters. The number of methoxy groups -OCH3 is 1. The second-order valence-electron chi connectivity index (χ2n) is 14.3. The lowest BCUT2D eigenvalue weighted by molar-refractivity contribution is -0.164. The van der Waals surface area contributed by atoms with Gasteiger partial charge in [-0.05, 0) is 89.8 Å². The van der Waals surface area contributed by atoms with Gasteiger partial charge < -0.3 is 23.8 Å². The predicted octanol–water partition coefficient (Wildman–Crippen LogP) is 8.39. The molecule has 1 fully saturated rings. The van der Waals surface area contributed by atoms with Gasteiger partial charge in [-0.2, -0.15) is 0 Å². The number of aryl methyl sites for hydroxylation is 1. The molecule has 1 saturated heterocycles. The topological polar surface area (TPSA) is 74.5 Å². The maximum Gasteiger partial charge on any atom is 0.339 e. The summed E-state index contributed by atoms with van der Waals surface area (Å²) in [5.74, 6) is -1.38. The van der Waals surface area contributed by atoms with Crippen molar-refractivity contribution in [2.24, 2.45) is 0 Å². The summed E-state index contributed by atoms with van der Waals surface area (Å²) >= 11 is 0. The van der Waals surface area contributed by atoms with Crippen LogP contribution in [-0.4, -0.2) is 59.5 Å². The molecule has 49 heavy (non-hydrogen) atoms. The molecule has 4 aromatic rings. The van der Waals surface area contributed by atoms with Gasteiger partial charge in [0.05, 0.1) is 42.3 Å². The van der Waals surface area contributed by atoms with Crippen molar-refractivity contribution in [1.82, 2.24) is 9.38 Å². The van der Waals surface area contributed by atoms with E-state index in [2.05, 4.69) is 11.8 Å². The summed E-state index contributed by atoms with van der Waals surface area (Å²) in [7, 11) is 1.37. The van der Waals surface area contributed by atoms with Crippen LogP contribution < -0.4 is 9.64 Å². The number of carbonyl (C=O) groups is 1. The molecule has 0 spiro atoms. The minimum Gasteiger partial charge on any atom is -0.490 e. The number of carbonyl (C=O) groups excluding carboxylic acids is 1. The number of imidazole rings is 1. The van der Waals surface area contributed by atoms with Crippen LogP contribution in [0.4, 0.5) is 14.6 Å². The molecule has 0 aliphatic carbocycles. The lowest BCUT2D eigenvalue weighted by Gasteiger charge is -2.41. The summed E-state index contributed by atoms with van der Waals surface area (Å²) < 4.78 is 56.5. The first-order valence-electron chi connectivity index (χ1n) is 16.8. The number of hydrogen-bond acceptors (Lipinski definition) is 7. The van der Waals surface area contributed by atoms with Crippen LogP contribution in [0.5, 0.6) is 5.75 Å². The van der Waals surface area contributed by atoms with E-state index in [1.165, 1.54) is 13.2 Å². The first-order valence-corrected chi connectivity index (χ1v) is 16.8. The van der Waals surface area contributed by atoms with Crippen LogP contribution in [0.25, 0.3) is 28.0 Å². The van der Waals surface area contributed by atoms with Crippen molar-refractivity contribution in [3.05, 3.63) is 83.6 Å². The standard InChI is InChI=1S/C39H45F2N3O5/c1-24-21-31-42-29-23-44(31)36(32(24)35(37(45)46-7)49-38(3,4)5)43-18-16-39(6,17-19-43)47-20-9-8-11-25(2)48-30-15-14-28(40)34(41)33(30)27-13-10-12-26(29)22-27/h8-10,12-15,21-23,25,35H,11,16-20H2,1-7H3. The van der Waals surface area contributed by atoms with E-state index in [1.807, 2.05) is 69.5 Å². The van der Waals surface area contributed by atoms with Crippen molar-refractivity contribution in [2.75, 3.05) is 31.7 Å². The first-order chi connectivity index (χ1) is 23.3. The van der Waals surface area contributed by atoms with E-state index in [9.17, 15) is 9.18 Å². The third-order valence-electron chi connectivity index (χ3n) is 9.24. The van der Waals surface area contributed by atoms with Crippen LogP contribution >= 0.6 is 0 Å². The lowest BCUT2D eigenvalue weighted by Crippen LogP contribution is -2.45.